The first-order valence-corrected chi connectivity index (χ1v) is 6.72. The van der Waals surface area contributed by atoms with Gasteiger partial charge in [0.05, 0.1) is 0 Å². The molecular formula is C11H16N2O3S. The van der Waals surface area contributed by atoms with E-state index in [9.17, 15) is 13.2 Å². The van der Waals surface area contributed by atoms with Crippen LogP contribution in [0, 0.1) is 0 Å². The maximum Gasteiger partial charge on any atom is 0.301 e. The highest BCUT2D eigenvalue weighted by Crippen LogP contribution is 2.03. The van der Waals surface area contributed by atoms with E-state index >= 15 is 0 Å². The number of hydrogen-bond acceptors (Lipinski definition) is 3. The Hall–Kier alpha value is -1.40. The van der Waals surface area contributed by atoms with Gasteiger partial charge in [0.15, 0.2) is 0 Å². The third-order valence-corrected chi connectivity index (χ3v) is 3.29. The van der Waals surface area contributed by atoms with Crippen molar-refractivity contribution < 1.29 is 13.2 Å². The molecule has 0 spiro atoms. The molecule has 1 aromatic rings. The summed E-state index contributed by atoms with van der Waals surface area (Å²) in [7, 11) is -3.75. The molecule has 1 rings (SSSR count). The Bertz CT molecular complexity index is 471. The van der Waals surface area contributed by atoms with Gasteiger partial charge in [0.1, 0.15) is 0 Å². The van der Waals surface area contributed by atoms with E-state index in [1.165, 1.54) is 0 Å². The summed E-state index contributed by atoms with van der Waals surface area (Å²) in [6.45, 7) is 2.90. The molecule has 5 nitrogen and oxygen atoms in total. The highest BCUT2D eigenvalue weighted by Gasteiger charge is 2.15. The van der Waals surface area contributed by atoms with Gasteiger partial charge in [-0.15, -0.1) is 0 Å². The monoisotopic (exact) mass is 256 g/mol. The largest absolute Gasteiger partial charge is 0.301 e. The summed E-state index contributed by atoms with van der Waals surface area (Å²) >= 11 is 0. The van der Waals surface area contributed by atoms with Gasteiger partial charge in [-0.3, -0.25) is 4.79 Å². The van der Waals surface area contributed by atoms with E-state index in [0.717, 1.165) is 12.5 Å². The van der Waals surface area contributed by atoms with Crippen LogP contribution in [0.2, 0.25) is 0 Å². The van der Waals surface area contributed by atoms with E-state index in [2.05, 4.69) is 4.72 Å². The number of amides is 1. The highest BCUT2D eigenvalue weighted by molar-refractivity contribution is 7.88. The van der Waals surface area contributed by atoms with E-state index in [0.29, 0.717) is 6.42 Å². The molecule has 0 saturated carbocycles. The molecule has 0 aliphatic rings. The molecule has 0 aromatic heterocycles. The Morgan fingerprint density at radius 2 is 1.88 bits per heavy atom. The van der Waals surface area contributed by atoms with Crippen molar-refractivity contribution in [1.29, 1.82) is 0 Å². The summed E-state index contributed by atoms with van der Waals surface area (Å²) in [5.41, 5.74) is 1.03. The van der Waals surface area contributed by atoms with Crippen LogP contribution in [0.4, 0.5) is 0 Å². The predicted octanol–water partition coefficient (Wildman–Crippen LogP) is 0.588. The van der Waals surface area contributed by atoms with E-state index in [1.54, 1.807) is 6.92 Å². The summed E-state index contributed by atoms with van der Waals surface area (Å²) in [6.07, 6.45) is 0.569. The fourth-order valence-corrected chi connectivity index (χ4v) is 2.54. The molecule has 0 heterocycles. The molecule has 0 aliphatic heterocycles. The normalized spacial score (nSPS) is 13.1. The van der Waals surface area contributed by atoms with Crippen molar-refractivity contribution in [3.63, 3.8) is 0 Å². The molecule has 1 atom stereocenters. The molecule has 94 valence electrons. The molecule has 0 radical (unpaired) electrons. The molecule has 0 aliphatic carbocycles. The van der Waals surface area contributed by atoms with E-state index in [1.807, 2.05) is 35.1 Å². The highest BCUT2D eigenvalue weighted by atomic mass is 32.2. The molecule has 17 heavy (non-hydrogen) atoms. The fraction of sp³-hybridized carbons (Fsp3) is 0.364. The first-order valence-electron chi connectivity index (χ1n) is 5.23. The minimum atomic E-state index is -3.75. The van der Waals surface area contributed by atoms with Gasteiger partial charge >= 0.3 is 10.2 Å². The molecule has 0 bridgehead atoms. The minimum Gasteiger partial charge on any atom is -0.274 e. The van der Waals surface area contributed by atoms with Gasteiger partial charge in [-0.05, 0) is 18.9 Å². The van der Waals surface area contributed by atoms with Crippen LogP contribution < -0.4 is 9.44 Å². The lowest BCUT2D eigenvalue weighted by molar-refractivity contribution is -0.117. The van der Waals surface area contributed by atoms with Crippen molar-refractivity contribution in [2.75, 3.05) is 0 Å². The second-order valence-electron chi connectivity index (χ2n) is 3.87. The molecule has 2 N–H and O–H groups in total. The quantitative estimate of drug-likeness (QED) is 0.809. The smallest absolute Gasteiger partial charge is 0.274 e. The SMILES string of the molecule is CC(=O)NS(=O)(=O)NC(C)Cc1ccccc1. The van der Waals surface area contributed by atoms with Crippen molar-refractivity contribution in [3.05, 3.63) is 35.9 Å². The lowest BCUT2D eigenvalue weighted by Gasteiger charge is -2.14. The second kappa shape index (κ2) is 5.79. The first-order chi connectivity index (χ1) is 7.89. The Balaban J connectivity index is 2.55. The van der Waals surface area contributed by atoms with Crippen LogP contribution in [0.25, 0.3) is 0 Å². The lowest BCUT2D eigenvalue weighted by atomic mass is 10.1. The van der Waals surface area contributed by atoms with Gasteiger partial charge in [-0.25, -0.2) is 4.72 Å². The van der Waals surface area contributed by atoms with Crippen molar-refractivity contribution in [2.45, 2.75) is 26.3 Å². The summed E-state index contributed by atoms with van der Waals surface area (Å²) in [6, 6.07) is 9.24. The third-order valence-electron chi connectivity index (χ3n) is 2.02. The predicted molar refractivity (Wildman–Crippen MR) is 65.5 cm³/mol. The average Bonchev–Trinajstić information content (AvgIpc) is 2.15. The maximum absolute atomic E-state index is 11.4. The number of rotatable bonds is 5. The zero-order valence-electron chi connectivity index (χ0n) is 9.80. The van der Waals surface area contributed by atoms with E-state index in [-0.39, 0.29) is 6.04 Å². The second-order valence-corrected chi connectivity index (χ2v) is 5.32. The van der Waals surface area contributed by atoms with Gasteiger partial charge < -0.3 is 0 Å². The molecule has 1 aromatic carbocycles. The summed E-state index contributed by atoms with van der Waals surface area (Å²) in [5, 5.41) is 0. The van der Waals surface area contributed by atoms with Crippen LogP contribution in [-0.2, 0) is 21.4 Å². The van der Waals surface area contributed by atoms with Crippen molar-refractivity contribution >= 4 is 16.1 Å². The number of hydrogen-bond donors (Lipinski definition) is 2. The standard InChI is InChI=1S/C11H16N2O3S/c1-9(8-11-6-4-3-5-7-11)12-17(15,16)13-10(2)14/h3-7,9,12H,8H2,1-2H3,(H,13,14). The van der Waals surface area contributed by atoms with Crippen LogP contribution in [-0.4, -0.2) is 20.4 Å². The minimum absolute atomic E-state index is 0.283. The van der Waals surface area contributed by atoms with Gasteiger partial charge in [0.25, 0.3) is 0 Å². The van der Waals surface area contributed by atoms with Gasteiger partial charge in [-0.1, -0.05) is 30.3 Å². The van der Waals surface area contributed by atoms with Crippen molar-refractivity contribution in [2.24, 2.45) is 0 Å². The average molecular weight is 256 g/mol. The number of benzene rings is 1. The van der Waals surface area contributed by atoms with E-state index in [4.69, 9.17) is 0 Å². The van der Waals surface area contributed by atoms with Crippen molar-refractivity contribution in [1.82, 2.24) is 9.44 Å². The molecule has 1 unspecified atom stereocenters. The van der Waals surface area contributed by atoms with Crippen molar-refractivity contribution in [3.8, 4) is 0 Å². The fourth-order valence-electron chi connectivity index (χ4n) is 1.49. The molecular weight excluding hydrogens is 240 g/mol. The van der Waals surface area contributed by atoms with Gasteiger partial charge in [0.2, 0.25) is 5.91 Å². The topological polar surface area (TPSA) is 75.3 Å². The summed E-state index contributed by atoms with van der Waals surface area (Å²) in [5.74, 6) is -0.607. The number of carbonyl (C=O) groups excluding carboxylic acids is 1. The van der Waals surface area contributed by atoms with Crippen LogP contribution in [0.1, 0.15) is 19.4 Å². The van der Waals surface area contributed by atoms with Crippen LogP contribution >= 0.6 is 0 Å². The zero-order chi connectivity index (χ0) is 12.9. The van der Waals surface area contributed by atoms with Crippen LogP contribution in [0.3, 0.4) is 0 Å². The molecule has 0 fully saturated rings. The summed E-state index contributed by atoms with van der Waals surface area (Å²) in [4.78, 5) is 10.7. The molecule has 6 heteroatoms. The van der Waals surface area contributed by atoms with Gasteiger partial charge in [-0.2, -0.15) is 13.1 Å². The maximum atomic E-state index is 11.4. The first kappa shape index (κ1) is 13.7. The van der Waals surface area contributed by atoms with Crippen LogP contribution in [0.15, 0.2) is 30.3 Å². The van der Waals surface area contributed by atoms with Gasteiger partial charge in [0, 0.05) is 13.0 Å². The molecule has 1 amide bonds. The third kappa shape index (κ3) is 5.46. The number of nitrogens with one attached hydrogen (secondary N) is 2. The summed E-state index contributed by atoms with van der Waals surface area (Å²) < 4.78 is 27.0. The Morgan fingerprint density at radius 1 is 1.29 bits per heavy atom. The Labute approximate surface area is 101 Å². The Kier molecular flexibility index (Phi) is 4.65. The Morgan fingerprint density at radius 3 is 2.41 bits per heavy atom. The lowest BCUT2D eigenvalue weighted by Crippen LogP contribution is -2.44. The zero-order valence-corrected chi connectivity index (χ0v) is 10.6. The molecule has 0 saturated heterocycles. The van der Waals surface area contributed by atoms with Crippen LogP contribution in [0.5, 0.6) is 0 Å². The van der Waals surface area contributed by atoms with E-state index < -0.39 is 16.1 Å². The number of carbonyl (C=O) groups is 1.